The first-order valence-corrected chi connectivity index (χ1v) is 5.91. The van der Waals surface area contributed by atoms with Crippen molar-refractivity contribution in [3.05, 3.63) is 63.7 Å². The number of benzene rings is 2. The van der Waals surface area contributed by atoms with Crippen molar-refractivity contribution in [1.82, 2.24) is 0 Å². The first-order chi connectivity index (χ1) is 10.0. The molecule has 0 aromatic heterocycles. The minimum Gasteiger partial charge on any atom is -0.506 e. The largest absolute Gasteiger partial charge is 0.506 e. The normalized spacial score (nSPS) is 10.1. The summed E-state index contributed by atoms with van der Waals surface area (Å²) >= 11 is 0. The summed E-state index contributed by atoms with van der Waals surface area (Å²) in [4.78, 5) is 25.7. The van der Waals surface area contributed by atoms with Crippen LogP contribution < -0.4 is 0 Å². The Hall–Kier alpha value is -3.09. The van der Waals surface area contributed by atoms with Gasteiger partial charge in [-0.2, -0.15) is 0 Å². The van der Waals surface area contributed by atoms with E-state index in [2.05, 4.69) is 4.84 Å². The Balaban J connectivity index is 2.50. The van der Waals surface area contributed by atoms with Crippen LogP contribution in [0, 0.1) is 10.1 Å². The Bertz CT molecular complexity index is 698. The summed E-state index contributed by atoms with van der Waals surface area (Å²) in [5, 5.41) is 28.4. The predicted molar refractivity (Wildman–Crippen MR) is 72.3 cm³/mol. The number of rotatable bonds is 5. The summed E-state index contributed by atoms with van der Waals surface area (Å²) in [5.74, 6) is -1.65. The topological polar surface area (TPSA) is 110 Å². The van der Waals surface area contributed by atoms with Gasteiger partial charge < -0.3 is 15.1 Å². The highest BCUT2D eigenvalue weighted by molar-refractivity contribution is 5.94. The Morgan fingerprint density at radius 3 is 2.48 bits per heavy atom. The molecule has 7 nitrogen and oxygen atoms in total. The Morgan fingerprint density at radius 1 is 1.14 bits per heavy atom. The molecule has 0 saturated heterocycles. The summed E-state index contributed by atoms with van der Waals surface area (Å²) in [5.41, 5.74) is 0.974. The van der Waals surface area contributed by atoms with Crippen molar-refractivity contribution >= 4 is 5.97 Å². The van der Waals surface area contributed by atoms with Gasteiger partial charge in [0.1, 0.15) is 17.9 Å². The highest BCUT2D eigenvalue weighted by atomic mass is 16.9. The monoisotopic (exact) mass is 289 g/mol. The number of carbonyl (C=O) groups is 1. The molecule has 0 atom stereocenters. The van der Waals surface area contributed by atoms with Crippen molar-refractivity contribution in [1.29, 1.82) is 0 Å². The molecule has 0 spiro atoms. The van der Waals surface area contributed by atoms with Gasteiger partial charge in [0.15, 0.2) is 0 Å². The molecule has 0 aliphatic carbocycles. The number of aromatic hydroxyl groups is 1. The maximum Gasteiger partial charge on any atom is 0.339 e. The van der Waals surface area contributed by atoms with Crippen LogP contribution in [0.15, 0.2) is 42.5 Å². The lowest BCUT2D eigenvalue weighted by atomic mass is 9.97. The third kappa shape index (κ3) is 3.08. The van der Waals surface area contributed by atoms with Crippen molar-refractivity contribution in [2.45, 2.75) is 6.61 Å². The molecule has 21 heavy (non-hydrogen) atoms. The van der Waals surface area contributed by atoms with E-state index in [1.807, 2.05) is 0 Å². The van der Waals surface area contributed by atoms with Crippen LogP contribution in [0.5, 0.6) is 5.75 Å². The van der Waals surface area contributed by atoms with E-state index in [-0.39, 0.29) is 17.7 Å². The van der Waals surface area contributed by atoms with Gasteiger partial charge in [0, 0.05) is 5.56 Å². The standard InChI is InChI=1S/C14H11NO6/c16-13-11(6-3-7-12(13)14(17)18)10-5-2-1-4-9(10)8-21-15(19)20/h1-7,16H,8H2,(H,17,18). The molecule has 2 rings (SSSR count). The molecule has 0 bridgehead atoms. The van der Waals surface area contributed by atoms with E-state index in [9.17, 15) is 20.0 Å². The fourth-order valence-electron chi connectivity index (χ4n) is 1.96. The average Bonchev–Trinajstić information content (AvgIpc) is 2.45. The second-order valence-electron chi connectivity index (χ2n) is 4.16. The molecule has 0 aliphatic heterocycles. The Labute approximate surface area is 119 Å². The molecule has 0 heterocycles. The lowest BCUT2D eigenvalue weighted by Crippen LogP contribution is -2.02. The minimum atomic E-state index is -1.26. The predicted octanol–water partition coefficient (Wildman–Crippen LogP) is 2.47. The highest BCUT2D eigenvalue weighted by Gasteiger charge is 2.16. The van der Waals surface area contributed by atoms with Gasteiger partial charge in [0.25, 0.3) is 5.09 Å². The fourth-order valence-corrected chi connectivity index (χ4v) is 1.96. The molecule has 2 aromatic carbocycles. The van der Waals surface area contributed by atoms with Crippen LogP contribution >= 0.6 is 0 Å². The van der Waals surface area contributed by atoms with Crippen LogP contribution in [0.25, 0.3) is 11.1 Å². The van der Waals surface area contributed by atoms with E-state index < -0.39 is 16.8 Å². The zero-order valence-electron chi connectivity index (χ0n) is 10.7. The number of para-hydroxylation sites is 1. The highest BCUT2D eigenvalue weighted by Crippen LogP contribution is 2.34. The van der Waals surface area contributed by atoms with Crippen molar-refractivity contribution < 1.29 is 24.9 Å². The fraction of sp³-hybridized carbons (Fsp3) is 0.0714. The molecular weight excluding hydrogens is 278 g/mol. The van der Waals surface area contributed by atoms with Crippen LogP contribution in [-0.2, 0) is 11.4 Å². The van der Waals surface area contributed by atoms with Crippen molar-refractivity contribution in [2.24, 2.45) is 0 Å². The molecule has 108 valence electrons. The number of hydrogen-bond acceptors (Lipinski definition) is 5. The number of carboxylic acid groups (broad SMARTS) is 1. The van der Waals surface area contributed by atoms with Gasteiger partial charge in [0.2, 0.25) is 0 Å². The molecule has 2 N–H and O–H groups in total. The first-order valence-electron chi connectivity index (χ1n) is 5.91. The van der Waals surface area contributed by atoms with Crippen LogP contribution in [0.1, 0.15) is 15.9 Å². The number of phenols is 1. The van der Waals surface area contributed by atoms with Crippen LogP contribution in [0.4, 0.5) is 0 Å². The number of carboxylic acids is 1. The zero-order valence-corrected chi connectivity index (χ0v) is 10.7. The molecule has 0 amide bonds. The van der Waals surface area contributed by atoms with Gasteiger partial charge in [-0.3, -0.25) is 0 Å². The van der Waals surface area contributed by atoms with E-state index in [4.69, 9.17) is 5.11 Å². The maximum atomic E-state index is 11.0. The molecule has 7 heteroatoms. The molecule has 0 aliphatic rings. The molecular formula is C14H11NO6. The van der Waals surface area contributed by atoms with E-state index in [0.717, 1.165) is 0 Å². The summed E-state index contributed by atoms with van der Waals surface area (Å²) in [6, 6.07) is 10.9. The van der Waals surface area contributed by atoms with E-state index in [1.54, 1.807) is 24.3 Å². The van der Waals surface area contributed by atoms with Crippen LogP contribution in [0.3, 0.4) is 0 Å². The second kappa shape index (κ2) is 5.91. The minimum absolute atomic E-state index is 0.238. The second-order valence-corrected chi connectivity index (χ2v) is 4.16. The zero-order chi connectivity index (χ0) is 15.4. The van der Waals surface area contributed by atoms with Crippen LogP contribution in [-0.4, -0.2) is 21.3 Å². The van der Waals surface area contributed by atoms with Crippen molar-refractivity contribution in [2.75, 3.05) is 0 Å². The van der Waals surface area contributed by atoms with Crippen molar-refractivity contribution in [3.8, 4) is 16.9 Å². The molecule has 0 fully saturated rings. The van der Waals surface area contributed by atoms with Crippen LogP contribution in [0.2, 0.25) is 0 Å². The molecule has 2 aromatic rings. The van der Waals surface area contributed by atoms with Gasteiger partial charge in [-0.05, 0) is 17.2 Å². The summed E-state index contributed by atoms with van der Waals surface area (Å²) < 4.78 is 0. The quantitative estimate of drug-likeness (QED) is 0.646. The van der Waals surface area contributed by atoms with Gasteiger partial charge in [-0.1, -0.05) is 36.4 Å². The van der Waals surface area contributed by atoms with E-state index in [1.165, 1.54) is 18.2 Å². The Kier molecular flexibility index (Phi) is 4.03. The smallest absolute Gasteiger partial charge is 0.339 e. The molecule has 0 radical (unpaired) electrons. The maximum absolute atomic E-state index is 11.0. The van der Waals surface area contributed by atoms with Gasteiger partial charge in [-0.25, -0.2) is 4.79 Å². The number of aromatic carboxylic acids is 1. The average molecular weight is 289 g/mol. The third-order valence-electron chi connectivity index (χ3n) is 2.90. The van der Waals surface area contributed by atoms with Crippen molar-refractivity contribution in [3.63, 3.8) is 0 Å². The van der Waals surface area contributed by atoms with Gasteiger partial charge in [0.05, 0.1) is 0 Å². The first kappa shape index (κ1) is 14.3. The van der Waals surface area contributed by atoms with Gasteiger partial charge >= 0.3 is 5.97 Å². The molecule has 0 saturated carbocycles. The van der Waals surface area contributed by atoms with E-state index in [0.29, 0.717) is 11.1 Å². The van der Waals surface area contributed by atoms with E-state index >= 15 is 0 Å². The Morgan fingerprint density at radius 2 is 1.81 bits per heavy atom. The summed E-state index contributed by atoms with van der Waals surface area (Å²) in [7, 11) is 0. The summed E-state index contributed by atoms with van der Waals surface area (Å²) in [6.07, 6.45) is 0. The number of hydrogen-bond donors (Lipinski definition) is 2. The lowest BCUT2D eigenvalue weighted by molar-refractivity contribution is -0.763. The van der Waals surface area contributed by atoms with Gasteiger partial charge in [-0.15, -0.1) is 10.1 Å². The summed E-state index contributed by atoms with van der Waals surface area (Å²) in [6.45, 7) is -0.292. The SMILES string of the molecule is O=C(O)c1cccc(-c2ccccc2CO[N+](=O)[O-])c1O. The lowest BCUT2D eigenvalue weighted by Gasteiger charge is -2.11. The third-order valence-corrected chi connectivity index (χ3v) is 2.90. The number of nitrogens with zero attached hydrogens (tertiary/aromatic N) is 1. The molecule has 0 unspecified atom stereocenters.